The predicted octanol–water partition coefficient (Wildman–Crippen LogP) is 2.89. The molecule has 1 aliphatic heterocycles. The molecule has 0 unspecified atom stereocenters. The van der Waals surface area contributed by atoms with E-state index in [1.807, 2.05) is 36.1 Å². The van der Waals surface area contributed by atoms with Crippen molar-refractivity contribution in [1.29, 1.82) is 0 Å². The minimum absolute atomic E-state index is 0.567. The van der Waals surface area contributed by atoms with Gasteiger partial charge in [-0.15, -0.1) is 0 Å². The van der Waals surface area contributed by atoms with Crippen LogP contribution in [0.5, 0.6) is 0 Å². The number of hydrogen-bond donors (Lipinski definition) is 1. The first-order chi connectivity index (χ1) is 8.96. The molecule has 1 fully saturated rings. The molecule has 106 valence electrons. The molecule has 1 saturated heterocycles. The fourth-order valence-corrected chi connectivity index (χ4v) is 2.46. The molecule has 2 rings (SSSR count). The smallest absolute Gasteiger partial charge is 0.314 e. The number of alkyl halides is 3. The average Bonchev–Trinajstić information content (AvgIpc) is 2.37. The summed E-state index contributed by atoms with van der Waals surface area (Å²) in [5, 5.41) is 3.17. The van der Waals surface area contributed by atoms with Gasteiger partial charge in [-0.1, -0.05) is 29.8 Å². The van der Waals surface area contributed by atoms with Crippen molar-refractivity contribution in [2.24, 2.45) is 0 Å². The van der Waals surface area contributed by atoms with E-state index in [1.54, 1.807) is 0 Å². The highest BCUT2D eigenvalue weighted by Crippen LogP contribution is 2.33. The molecule has 0 amide bonds. The van der Waals surface area contributed by atoms with Gasteiger partial charge in [0.15, 0.2) is 0 Å². The number of benzene rings is 1. The summed E-state index contributed by atoms with van der Waals surface area (Å²) in [5.74, 6) is 0. The van der Waals surface area contributed by atoms with Gasteiger partial charge in [0.05, 0.1) is 6.42 Å². The van der Waals surface area contributed by atoms with Crippen LogP contribution in [0, 0.1) is 6.92 Å². The molecule has 1 atom stereocenters. The topological polar surface area (TPSA) is 15.3 Å². The highest BCUT2D eigenvalue weighted by atomic mass is 19.4. The molecule has 2 nitrogen and oxygen atoms in total. The van der Waals surface area contributed by atoms with E-state index in [1.165, 1.54) is 0 Å². The lowest BCUT2D eigenvalue weighted by Gasteiger charge is -2.35. The molecule has 1 aliphatic rings. The van der Waals surface area contributed by atoms with Gasteiger partial charge in [-0.25, -0.2) is 0 Å². The van der Waals surface area contributed by atoms with Crippen molar-refractivity contribution in [1.82, 2.24) is 10.2 Å². The Kier molecular flexibility index (Phi) is 4.47. The van der Waals surface area contributed by atoms with Crippen LogP contribution >= 0.6 is 0 Å². The van der Waals surface area contributed by atoms with Crippen LogP contribution < -0.4 is 5.32 Å². The molecule has 0 saturated carbocycles. The van der Waals surface area contributed by atoms with Crippen LogP contribution in [0.4, 0.5) is 13.2 Å². The summed E-state index contributed by atoms with van der Waals surface area (Å²) in [6, 6.07) is 6.81. The summed E-state index contributed by atoms with van der Waals surface area (Å²) in [7, 11) is 0. The standard InChI is InChI=1S/C14H19F3N2/c1-11-2-4-12(5-3-11)13(10-14(15,16)17)19-8-6-18-7-9-19/h2-5,13,18H,6-10H2,1H3/t13-/m1/s1. The van der Waals surface area contributed by atoms with E-state index in [0.29, 0.717) is 13.1 Å². The third-order valence-electron chi connectivity index (χ3n) is 3.48. The highest BCUT2D eigenvalue weighted by molar-refractivity contribution is 5.24. The highest BCUT2D eigenvalue weighted by Gasteiger charge is 2.35. The SMILES string of the molecule is Cc1ccc([C@@H](CC(F)(F)F)N2CCNCC2)cc1. The monoisotopic (exact) mass is 272 g/mol. The molecule has 0 aliphatic carbocycles. The largest absolute Gasteiger partial charge is 0.390 e. The summed E-state index contributed by atoms with van der Waals surface area (Å²) in [6.45, 7) is 4.76. The number of nitrogens with zero attached hydrogens (tertiary/aromatic N) is 1. The van der Waals surface area contributed by atoms with Crippen molar-refractivity contribution >= 4 is 0 Å². The molecule has 0 aromatic heterocycles. The van der Waals surface area contributed by atoms with E-state index in [9.17, 15) is 13.2 Å². The van der Waals surface area contributed by atoms with Crippen LogP contribution in [-0.4, -0.2) is 37.3 Å². The van der Waals surface area contributed by atoms with Gasteiger partial charge in [0.2, 0.25) is 0 Å². The van der Waals surface area contributed by atoms with Crippen LogP contribution in [-0.2, 0) is 0 Å². The summed E-state index contributed by atoms with van der Waals surface area (Å²) < 4.78 is 38.4. The molecular weight excluding hydrogens is 253 g/mol. The van der Waals surface area contributed by atoms with Crippen LogP contribution in [0.1, 0.15) is 23.6 Å². The molecule has 0 bridgehead atoms. The Morgan fingerprint density at radius 3 is 2.26 bits per heavy atom. The second-order valence-corrected chi connectivity index (χ2v) is 5.03. The maximum Gasteiger partial charge on any atom is 0.390 e. The Balaban J connectivity index is 2.19. The number of aryl methyl sites for hydroxylation is 1. The van der Waals surface area contributed by atoms with Crippen molar-refractivity contribution in [3.63, 3.8) is 0 Å². The first-order valence-electron chi connectivity index (χ1n) is 6.54. The summed E-state index contributed by atoms with van der Waals surface area (Å²) in [5.41, 5.74) is 1.82. The number of halogens is 3. The normalized spacial score (nSPS) is 19.4. The van der Waals surface area contributed by atoms with E-state index in [-0.39, 0.29) is 0 Å². The van der Waals surface area contributed by atoms with Gasteiger partial charge in [0.1, 0.15) is 0 Å². The zero-order chi connectivity index (χ0) is 13.9. The zero-order valence-corrected chi connectivity index (χ0v) is 11.0. The van der Waals surface area contributed by atoms with Crippen molar-refractivity contribution in [3.05, 3.63) is 35.4 Å². The molecule has 1 aromatic carbocycles. The van der Waals surface area contributed by atoms with Gasteiger partial charge >= 0.3 is 6.18 Å². The van der Waals surface area contributed by atoms with Crippen molar-refractivity contribution in [3.8, 4) is 0 Å². The van der Waals surface area contributed by atoms with Gasteiger partial charge in [-0.3, -0.25) is 4.90 Å². The van der Waals surface area contributed by atoms with Gasteiger partial charge in [-0.05, 0) is 12.5 Å². The third kappa shape index (κ3) is 4.21. The molecule has 0 radical (unpaired) electrons. The van der Waals surface area contributed by atoms with Crippen LogP contribution in [0.15, 0.2) is 24.3 Å². The van der Waals surface area contributed by atoms with Crippen LogP contribution in [0.2, 0.25) is 0 Å². The van der Waals surface area contributed by atoms with Gasteiger partial charge < -0.3 is 5.32 Å². The van der Waals surface area contributed by atoms with E-state index in [4.69, 9.17) is 0 Å². The lowest BCUT2D eigenvalue weighted by molar-refractivity contribution is -0.148. The molecule has 19 heavy (non-hydrogen) atoms. The average molecular weight is 272 g/mol. The third-order valence-corrected chi connectivity index (χ3v) is 3.48. The maximum absolute atomic E-state index is 12.8. The van der Waals surface area contributed by atoms with Crippen molar-refractivity contribution in [2.45, 2.75) is 25.6 Å². The van der Waals surface area contributed by atoms with E-state index < -0.39 is 18.6 Å². The van der Waals surface area contributed by atoms with Gasteiger partial charge in [-0.2, -0.15) is 13.2 Å². The Morgan fingerprint density at radius 1 is 1.16 bits per heavy atom. The Morgan fingerprint density at radius 2 is 1.74 bits per heavy atom. The van der Waals surface area contributed by atoms with E-state index >= 15 is 0 Å². The number of hydrogen-bond acceptors (Lipinski definition) is 2. The zero-order valence-electron chi connectivity index (χ0n) is 11.0. The number of nitrogens with one attached hydrogen (secondary N) is 1. The van der Waals surface area contributed by atoms with Crippen molar-refractivity contribution < 1.29 is 13.2 Å². The Hall–Kier alpha value is -1.07. The number of piperazine rings is 1. The molecule has 5 heteroatoms. The minimum Gasteiger partial charge on any atom is -0.314 e. The van der Waals surface area contributed by atoms with Gasteiger partial charge in [0, 0.05) is 32.2 Å². The lowest BCUT2D eigenvalue weighted by Crippen LogP contribution is -2.46. The maximum atomic E-state index is 12.8. The fraction of sp³-hybridized carbons (Fsp3) is 0.571. The predicted molar refractivity (Wildman–Crippen MR) is 69.0 cm³/mol. The van der Waals surface area contributed by atoms with E-state index in [2.05, 4.69) is 5.32 Å². The molecular formula is C14H19F3N2. The second-order valence-electron chi connectivity index (χ2n) is 5.03. The van der Waals surface area contributed by atoms with Crippen LogP contribution in [0.25, 0.3) is 0 Å². The summed E-state index contributed by atoms with van der Waals surface area (Å²) >= 11 is 0. The molecule has 1 N–H and O–H groups in total. The minimum atomic E-state index is -4.14. The van der Waals surface area contributed by atoms with Crippen molar-refractivity contribution in [2.75, 3.05) is 26.2 Å². The van der Waals surface area contributed by atoms with E-state index in [0.717, 1.165) is 24.2 Å². The first kappa shape index (κ1) is 14.3. The van der Waals surface area contributed by atoms with Gasteiger partial charge in [0.25, 0.3) is 0 Å². The van der Waals surface area contributed by atoms with Crippen LogP contribution in [0.3, 0.4) is 0 Å². The Labute approximate surface area is 111 Å². The Bertz CT molecular complexity index is 394. The molecule has 1 aromatic rings. The quantitative estimate of drug-likeness (QED) is 0.910. The first-order valence-corrected chi connectivity index (χ1v) is 6.54. The molecule has 0 spiro atoms. The number of rotatable bonds is 3. The lowest BCUT2D eigenvalue weighted by atomic mass is 10.00. The summed E-state index contributed by atoms with van der Waals surface area (Å²) in [6.07, 6.45) is -4.92. The molecule has 1 heterocycles. The second kappa shape index (κ2) is 5.92. The summed E-state index contributed by atoms with van der Waals surface area (Å²) in [4.78, 5) is 1.93. The fourth-order valence-electron chi connectivity index (χ4n) is 2.46.